The lowest BCUT2D eigenvalue weighted by Crippen LogP contribution is -2.33. The minimum absolute atomic E-state index is 0.00325. The van der Waals surface area contributed by atoms with Gasteiger partial charge < -0.3 is 14.5 Å². The molecule has 0 saturated carbocycles. The summed E-state index contributed by atoms with van der Waals surface area (Å²) < 4.78 is 4.23. The van der Waals surface area contributed by atoms with Crippen LogP contribution in [0.5, 0.6) is 0 Å². The number of nitrogens with zero attached hydrogens (tertiary/aromatic N) is 5. The lowest BCUT2D eigenvalue weighted by atomic mass is 10.1. The van der Waals surface area contributed by atoms with E-state index >= 15 is 0 Å². The molecule has 1 aromatic carbocycles. The van der Waals surface area contributed by atoms with E-state index in [-0.39, 0.29) is 11.9 Å². The second-order valence-corrected chi connectivity index (χ2v) is 7.02. The van der Waals surface area contributed by atoms with Gasteiger partial charge in [-0.25, -0.2) is 4.98 Å². The van der Waals surface area contributed by atoms with Crippen molar-refractivity contribution in [2.75, 3.05) is 0 Å². The summed E-state index contributed by atoms with van der Waals surface area (Å²) in [6.45, 7) is 5.47. The van der Waals surface area contributed by atoms with Crippen molar-refractivity contribution < 1.29 is 4.79 Å². The van der Waals surface area contributed by atoms with Crippen LogP contribution in [0.15, 0.2) is 24.3 Å². The molecule has 1 aliphatic rings. The minimum atomic E-state index is -0.281. The highest BCUT2D eigenvalue weighted by molar-refractivity contribution is 5.84. The average molecular weight is 366 g/mol. The van der Waals surface area contributed by atoms with Crippen LogP contribution in [0, 0.1) is 0 Å². The third-order valence-corrected chi connectivity index (χ3v) is 5.34. The van der Waals surface area contributed by atoms with E-state index in [9.17, 15) is 4.79 Å². The number of hydrogen-bond donors (Lipinski definition) is 1. The molecule has 3 heterocycles. The molecule has 0 radical (unpaired) electrons. The lowest BCUT2D eigenvalue weighted by molar-refractivity contribution is -0.124. The summed E-state index contributed by atoms with van der Waals surface area (Å²) in [6.07, 6.45) is 4.77. The molecule has 1 atom stereocenters. The van der Waals surface area contributed by atoms with Crippen LogP contribution in [0.3, 0.4) is 0 Å². The molecule has 1 N–H and O–H groups in total. The Kier molecular flexibility index (Phi) is 4.92. The van der Waals surface area contributed by atoms with Crippen LogP contribution in [0.2, 0.25) is 0 Å². The SMILES string of the molecule is CCc1nc2ccccc2n1C(CC)C(=O)NCc1nnc2n1CCCC2. The smallest absolute Gasteiger partial charge is 0.243 e. The third-order valence-electron chi connectivity index (χ3n) is 5.34. The topological polar surface area (TPSA) is 77.6 Å². The van der Waals surface area contributed by atoms with Crippen LogP contribution in [-0.4, -0.2) is 30.2 Å². The van der Waals surface area contributed by atoms with Gasteiger partial charge in [-0.3, -0.25) is 4.79 Å². The number of imidazole rings is 1. The molecule has 1 amide bonds. The Hall–Kier alpha value is -2.70. The summed E-state index contributed by atoms with van der Waals surface area (Å²) in [4.78, 5) is 17.7. The molecule has 142 valence electrons. The molecule has 0 spiro atoms. The highest BCUT2D eigenvalue weighted by Gasteiger charge is 2.24. The largest absolute Gasteiger partial charge is 0.347 e. The minimum Gasteiger partial charge on any atom is -0.347 e. The summed E-state index contributed by atoms with van der Waals surface area (Å²) in [6, 6.07) is 7.72. The Morgan fingerprint density at radius 1 is 1.19 bits per heavy atom. The molecule has 7 nitrogen and oxygen atoms in total. The van der Waals surface area contributed by atoms with Crippen molar-refractivity contribution in [3.05, 3.63) is 41.7 Å². The van der Waals surface area contributed by atoms with Crippen molar-refractivity contribution in [3.63, 3.8) is 0 Å². The average Bonchev–Trinajstić information content (AvgIpc) is 3.28. The number of hydrogen-bond acceptors (Lipinski definition) is 4. The van der Waals surface area contributed by atoms with E-state index < -0.39 is 0 Å². The number of carbonyl (C=O) groups is 1. The maximum atomic E-state index is 13.0. The number of amides is 1. The van der Waals surface area contributed by atoms with Gasteiger partial charge in [-0.2, -0.15) is 0 Å². The first-order valence-electron chi connectivity index (χ1n) is 9.87. The number of carbonyl (C=O) groups excluding carboxylic acids is 1. The molecule has 1 unspecified atom stereocenters. The van der Waals surface area contributed by atoms with E-state index in [1.54, 1.807) is 0 Å². The predicted molar refractivity (Wildman–Crippen MR) is 103 cm³/mol. The number of para-hydroxylation sites is 2. The molecule has 0 bridgehead atoms. The van der Waals surface area contributed by atoms with E-state index in [2.05, 4.69) is 31.6 Å². The number of nitrogens with one attached hydrogen (secondary N) is 1. The Labute approximate surface area is 158 Å². The van der Waals surface area contributed by atoms with Crippen molar-refractivity contribution in [2.24, 2.45) is 0 Å². The summed E-state index contributed by atoms with van der Waals surface area (Å²) in [7, 11) is 0. The van der Waals surface area contributed by atoms with Crippen LogP contribution in [0.25, 0.3) is 11.0 Å². The molecule has 1 aliphatic heterocycles. The molecule has 4 rings (SSSR count). The van der Waals surface area contributed by atoms with Crippen LogP contribution in [0.4, 0.5) is 0 Å². The van der Waals surface area contributed by atoms with Crippen molar-refractivity contribution in [3.8, 4) is 0 Å². The zero-order valence-electron chi connectivity index (χ0n) is 16.0. The van der Waals surface area contributed by atoms with Crippen LogP contribution >= 0.6 is 0 Å². The molecule has 0 saturated heterocycles. The predicted octanol–water partition coefficient (Wildman–Crippen LogP) is 2.79. The number of aromatic nitrogens is 5. The molecule has 0 fully saturated rings. The van der Waals surface area contributed by atoms with Crippen LogP contribution < -0.4 is 5.32 Å². The van der Waals surface area contributed by atoms with E-state index in [1.165, 1.54) is 0 Å². The maximum Gasteiger partial charge on any atom is 0.243 e. The maximum absolute atomic E-state index is 13.0. The van der Waals surface area contributed by atoms with Gasteiger partial charge in [0.2, 0.25) is 5.91 Å². The highest BCUT2D eigenvalue weighted by Crippen LogP contribution is 2.24. The molecule has 7 heteroatoms. The van der Waals surface area contributed by atoms with Crippen molar-refractivity contribution in [1.29, 1.82) is 0 Å². The molecule has 27 heavy (non-hydrogen) atoms. The molecular weight excluding hydrogens is 340 g/mol. The second-order valence-electron chi connectivity index (χ2n) is 7.02. The summed E-state index contributed by atoms with van der Waals surface area (Å²) in [5, 5.41) is 11.6. The van der Waals surface area contributed by atoms with Crippen molar-refractivity contribution in [1.82, 2.24) is 29.6 Å². The first kappa shape index (κ1) is 17.7. The van der Waals surface area contributed by atoms with E-state index in [4.69, 9.17) is 4.98 Å². The van der Waals surface area contributed by atoms with E-state index in [0.717, 1.165) is 60.7 Å². The number of rotatable bonds is 6. The molecule has 2 aromatic heterocycles. The third kappa shape index (κ3) is 3.22. The quantitative estimate of drug-likeness (QED) is 0.728. The number of benzene rings is 1. The fourth-order valence-electron chi connectivity index (χ4n) is 3.96. The van der Waals surface area contributed by atoms with Gasteiger partial charge >= 0.3 is 0 Å². The number of aryl methyl sites for hydroxylation is 2. The van der Waals surface area contributed by atoms with Gasteiger partial charge in [-0.1, -0.05) is 26.0 Å². The van der Waals surface area contributed by atoms with Gasteiger partial charge in [0, 0.05) is 19.4 Å². The van der Waals surface area contributed by atoms with Gasteiger partial charge in [-0.05, 0) is 31.4 Å². The first-order valence-corrected chi connectivity index (χ1v) is 9.87. The van der Waals surface area contributed by atoms with Crippen LogP contribution in [-0.2, 0) is 30.7 Å². The Bertz CT molecular complexity index is 957. The van der Waals surface area contributed by atoms with Gasteiger partial charge in [0.25, 0.3) is 0 Å². The van der Waals surface area contributed by atoms with Gasteiger partial charge in [0.1, 0.15) is 17.7 Å². The van der Waals surface area contributed by atoms with E-state index in [0.29, 0.717) is 13.0 Å². The van der Waals surface area contributed by atoms with E-state index in [1.807, 2.05) is 31.2 Å². The Morgan fingerprint density at radius 3 is 2.85 bits per heavy atom. The molecular formula is C20H26N6O. The van der Waals surface area contributed by atoms with Crippen LogP contribution in [0.1, 0.15) is 56.6 Å². The standard InChI is InChI=1S/C20H26N6O/c1-3-15(26-16-10-6-5-9-14(16)22-17(26)4-2)20(27)21-13-19-24-23-18-11-7-8-12-25(18)19/h5-6,9-10,15H,3-4,7-8,11-13H2,1-2H3,(H,21,27). The van der Waals surface area contributed by atoms with Gasteiger partial charge in [0.15, 0.2) is 5.82 Å². The van der Waals surface area contributed by atoms with Crippen molar-refractivity contribution in [2.45, 2.75) is 65.1 Å². The fraction of sp³-hybridized carbons (Fsp3) is 0.500. The molecule has 0 aliphatic carbocycles. The molecule has 3 aromatic rings. The Morgan fingerprint density at radius 2 is 2.04 bits per heavy atom. The lowest BCUT2D eigenvalue weighted by Gasteiger charge is -2.20. The van der Waals surface area contributed by atoms with Gasteiger partial charge in [-0.15, -0.1) is 10.2 Å². The first-order chi connectivity index (χ1) is 13.2. The highest BCUT2D eigenvalue weighted by atomic mass is 16.2. The summed E-state index contributed by atoms with van der Waals surface area (Å²) >= 11 is 0. The zero-order chi connectivity index (χ0) is 18.8. The monoisotopic (exact) mass is 366 g/mol. The summed E-state index contributed by atoms with van der Waals surface area (Å²) in [5.41, 5.74) is 1.95. The number of fused-ring (bicyclic) bond motifs is 2. The second kappa shape index (κ2) is 7.50. The zero-order valence-corrected chi connectivity index (χ0v) is 16.0. The fourth-order valence-corrected chi connectivity index (χ4v) is 3.96. The van der Waals surface area contributed by atoms with Crippen molar-refractivity contribution >= 4 is 16.9 Å². The Balaban J connectivity index is 1.56. The summed E-state index contributed by atoms with van der Waals surface area (Å²) in [5.74, 6) is 2.83. The normalized spacial score (nSPS) is 14.9. The van der Waals surface area contributed by atoms with Gasteiger partial charge in [0.05, 0.1) is 17.6 Å².